The standard InChI is InChI=1S/C66H46N4O2/c1-68-66-58-37-31-47(24-22-45-26-32-51(33-27-45)69(49-14-6-4-7-15-49)62-38-40-64(71-2)56-20-12-10-18-54(56)62)42-59(58)61(44-67)53-36-30-48(43-60(53)66)25-23-46-28-34-52(35-29-46)70(50-16-8-5-9-17-50)63-39-41-65(72-3)57-21-13-11-19-55(57)63/h4-43H,2-3H3/b24-22+,25-23+. The zero-order valence-corrected chi connectivity index (χ0v) is 39.7. The number of benzene rings is 11. The van der Waals surface area contributed by atoms with Crippen LogP contribution in [-0.4, -0.2) is 14.2 Å². The molecular weight excluding hydrogens is 881 g/mol. The number of nitriles is 1. The molecule has 0 aromatic heterocycles. The molecule has 0 heterocycles. The summed E-state index contributed by atoms with van der Waals surface area (Å²) in [6, 6.07) is 77.2. The lowest BCUT2D eigenvalue weighted by Crippen LogP contribution is -2.10. The highest BCUT2D eigenvalue weighted by Crippen LogP contribution is 2.44. The molecule has 342 valence electrons. The van der Waals surface area contributed by atoms with Crippen LogP contribution in [0.4, 0.5) is 39.8 Å². The number of anilines is 6. The van der Waals surface area contributed by atoms with Crippen LogP contribution in [-0.2, 0) is 0 Å². The number of nitrogens with zero attached hydrogens (tertiary/aromatic N) is 4. The number of fused-ring (bicyclic) bond motifs is 4. The molecule has 0 unspecified atom stereocenters. The fourth-order valence-corrected chi connectivity index (χ4v) is 9.81. The number of methoxy groups -OCH3 is 2. The zero-order valence-electron chi connectivity index (χ0n) is 39.7. The first-order chi connectivity index (χ1) is 35.5. The van der Waals surface area contributed by atoms with Gasteiger partial charge in [-0.3, -0.25) is 0 Å². The van der Waals surface area contributed by atoms with Crippen molar-refractivity contribution in [2.45, 2.75) is 0 Å². The van der Waals surface area contributed by atoms with Crippen molar-refractivity contribution in [3.05, 3.63) is 258 Å². The second-order valence-electron chi connectivity index (χ2n) is 17.4. The number of hydrogen-bond donors (Lipinski definition) is 0. The number of ether oxygens (including phenoxy) is 2. The van der Waals surface area contributed by atoms with Crippen molar-refractivity contribution < 1.29 is 9.47 Å². The maximum absolute atomic E-state index is 10.6. The predicted molar refractivity (Wildman–Crippen MR) is 301 cm³/mol. The van der Waals surface area contributed by atoms with Gasteiger partial charge in [-0.2, -0.15) is 5.26 Å². The molecular formula is C66H46N4O2. The van der Waals surface area contributed by atoms with Gasteiger partial charge in [0, 0.05) is 44.3 Å². The number of para-hydroxylation sites is 2. The van der Waals surface area contributed by atoms with Gasteiger partial charge in [0.25, 0.3) is 0 Å². The van der Waals surface area contributed by atoms with Gasteiger partial charge < -0.3 is 19.3 Å². The third-order valence-electron chi connectivity index (χ3n) is 13.3. The minimum Gasteiger partial charge on any atom is -0.496 e. The van der Waals surface area contributed by atoms with Gasteiger partial charge in [0.1, 0.15) is 17.6 Å². The van der Waals surface area contributed by atoms with E-state index in [9.17, 15) is 5.26 Å². The topological polar surface area (TPSA) is 53.1 Å². The summed E-state index contributed by atoms with van der Waals surface area (Å²) in [7, 11) is 3.41. The van der Waals surface area contributed by atoms with Gasteiger partial charge in [0.2, 0.25) is 5.69 Å². The summed E-state index contributed by atoms with van der Waals surface area (Å²) in [5.74, 6) is 1.67. The Morgan fingerprint density at radius 2 is 0.778 bits per heavy atom. The predicted octanol–water partition coefficient (Wildman–Crippen LogP) is 18.0. The van der Waals surface area contributed by atoms with Crippen LogP contribution < -0.4 is 19.3 Å². The molecule has 11 aromatic carbocycles. The van der Waals surface area contributed by atoms with Gasteiger partial charge in [-0.1, -0.05) is 164 Å². The normalized spacial score (nSPS) is 11.3. The number of hydrogen-bond acceptors (Lipinski definition) is 5. The van der Waals surface area contributed by atoms with Gasteiger partial charge in [0.15, 0.2) is 0 Å². The van der Waals surface area contributed by atoms with Crippen LogP contribution >= 0.6 is 0 Å². The molecule has 0 saturated heterocycles. The Morgan fingerprint density at radius 3 is 1.22 bits per heavy atom. The summed E-state index contributed by atoms with van der Waals surface area (Å²) >= 11 is 0. The first-order valence-corrected chi connectivity index (χ1v) is 23.7. The summed E-state index contributed by atoms with van der Waals surface area (Å²) in [6.45, 7) is 8.34. The van der Waals surface area contributed by atoms with Crippen molar-refractivity contribution >= 4 is 107 Å². The first-order valence-electron chi connectivity index (χ1n) is 23.7. The minimum atomic E-state index is 0.532. The van der Waals surface area contributed by atoms with Crippen LogP contribution in [0.1, 0.15) is 27.8 Å². The lowest BCUT2D eigenvalue weighted by Gasteiger charge is -2.27. The molecule has 0 amide bonds. The molecule has 0 radical (unpaired) electrons. The highest BCUT2D eigenvalue weighted by atomic mass is 16.5. The van der Waals surface area contributed by atoms with E-state index in [-0.39, 0.29) is 0 Å². The summed E-state index contributed by atoms with van der Waals surface area (Å²) in [5, 5.41) is 18.0. The second-order valence-corrected chi connectivity index (χ2v) is 17.4. The van der Waals surface area contributed by atoms with Crippen molar-refractivity contribution in [3.63, 3.8) is 0 Å². The molecule has 0 saturated carbocycles. The van der Waals surface area contributed by atoms with Gasteiger partial charge in [-0.25, -0.2) is 4.85 Å². The Morgan fingerprint density at radius 1 is 0.389 bits per heavy atom. The third kappa shape index (κ3) is 8.40. The molecule has 0 bridgehead atoms. The van der Waals surface area contributed by atoms with Crippen LogP contribution in [0.5, 0.6) is 11.5 Å². The summed E-state index contributed by atoms with van der Waals surface area (Å²) in [6.07, 6.45) is 8.28. The fourth-order valence-electron chi connectivity index (χ4n) is 9.81. The minimum absolute atomic E-state index is 0.532. The van der Waals surface area contributed by atoms with Crippen molar-refractivity contribution in [2.75, 3.05) is 24.0 Å². The van der Waals surface area contributed by atoms with Crippen molar-refractivity contribution in [1.29, 1.82) is 5.26 Å². The van der Waals surface area contributed by atoms with E-state index in [0.29, 0.717) is 11.3 Å². The molecule has 6 heteroatoms. The molecule has 11 aromatic rings. The smallest absolute Gasteiger partial charge is 0.202 e. The summed E-state index contributed by atoms with van der Waals surface area (Å²) in [4.78, 5) is 8.60. The quantitative estimate of drug-likeness (QED) is 0.0694. The highest BCUT2D eigenvalue weighted by molar-refractivity contribution is 6.16. The van der Waals surface area contributed by atoms with Gasteiger partial charge in [0.05, 0.1) is 37.7 Å². The van der Waals surface area contributed by atoms with Crippen LogP contribution in [0.2, 0.25) is 0 Å². The molecule has 0 aliphatic carbocycles. The lowest BCUT2D eigenvalue weighted by molar-refractivity contribution is 0.420. The van der Waals surface area contributed by atoms with E-state index in [2.05, 4.69) is 191 Å². The molecule has 72 heavy (non-hydrogen) atoms. The Hall–Kier alpha value is -9.88. The Kier molecular flexibility index (Phi) is 12.2. The van der Waals surface area contributed by atoms with Crippen LogP contribution in [0.3, 0.4) is 0 Å². The Balaban J connectivity index is 0.865. The molecule has 0 atom stereocenters. The van der Waals surface area contributed by atoms with Crippen LogP contribution in [0.15, 0.2) is 218 Å². The van der Waals surface area contributed by atoms with E-state index < -0.39 is 0 Å². The first kappa shape index (κ1) is 44.6. The fraction of sp³-hybridized carbons (Fsp3) is 0.0303. The third-order valence-corrected chi connectivity index (χ3v) is 13.3. The maximum Gasteiger partial charge on any atom is 0.202 e. The van der Waals surface area contributed by atoms with Crippen LogP contribution in [0, 0.1) is 17.9 Å². The van der Waals surface area contributed by atoms with E-state index in [1.807, 2.05) is 72.8 Å². The van der Waals surface area contributed by atoms with E-state index >= 15 is 0 Å². The molecule has 0 spiro atoms. The van der Waals surface area contributed by atoms with Crippen molar-refractivity contribution in [2.24, 2.45) is 0 Å². The van der Waals surface area contributed by atoms with Gasteiger partial charge in [-0.15, -0.1) is 0 Å². The van der Waals surface area contributed by atoms with Crippen molar-refractivity contribution in [3.8, 4) is 17.6 Å². The average Bonchev–Trinajstić information content (AvgIpc) is 3.44. The van der Waals surface area contributed by atoms with E-state index in [0.717, 1.165) is 111 Å². The average molecular weight is 927 g/mol. The number of rotatable bonds is 12. The van der Waals surface area contributed by atoms with E-state index in [4.69, 9.17) is 16.0 Å². The maximum atomic E-state index is 10.6. The Labute approximate surface area is 419 Å². The largest absolute Gasteiger partial charge is 0.496 e. The molecule has 0 aliphatic rings. The molecule has 0 N–H and O–H groups in total. The SMILES string of the molecule is [C-]#[N+]c1c2ccc(/C=C/c3ccc(N(c4ccccc4)c4ccc(OC)c5ccccc45)cc3)cc2c(C#N)c2ccc(/C=C/c3ccc(N(c4ccccc4)c4ccc(OC)c5ccccc45)cc3)cc12. The molecule has 0 aliphatic heterocycles. The summed E-state index contributed by atoms with van der Waals surface area (Å²) < 4.78 is 11.4. The van der Waals surface area contributed by atoms with Crippen molar-refractivity contribution in [1.82, 2.24) is 0 Å². The van der Waals surface area contributed by atoms with Gasteiger partial charge >= 0.3 is 0 Å². The van der Waals surface area contributed by atoms with Gasteiger partial charge in [-0.05, 0) is 123 Å². The zero-order chi connectivity index (χ0) is 49.0. The van der Waals surface area contributed by atoms with E-state index in [1.54, 1.807) is 14.2 Å². The lowest BCUT2D eigenvalue weighted by atomic mass is 9.93. The molecule has 11 rings (SSSR count). The molecule has 0 fully saturated rings. The van der Waals surface area contributed by atoms with E-state index in [1.165, 1.54) is 0 Å². The second kappa shape index (κ2) is 19.6. The highest BCUT2D eigenvalue weighted by Gasteiger charge is 2.19. The molecule has 6 nitrogen and oxygen atoms in total. The summed E-state index contributed by atoms with van der Waals surface area (Å²) in [5.41, 5.74) is 11.3. The monoisotopic (exact) mass is 926 g/mol. The van der Waals surface area contributed by atoms with Crippen LogP contribution in [0.25, 0.3) is 72.2 Å². The Bertz CT molecular complexity index is 3700.